The average Bonchev–Trinajstić information content (AvgIpc) is 2.92. The van der Waals surface area contributed by atoms with Crippen molar-refractivity contribution in [3.8, 4) is 0 Å². The molecule has 0 aromatic carbocycles. The first-order valence-corrected chi connectivity index (χ1v) is 8.08. The number of hydrogen-bond donors (Lipinski definition) is 3. The lowest BCUT2D eigenvalue weighted by Crippen LogP contribution is -2.53. The predicted molar refractivity (Wildman–Crippen MR) is 79.6 cm³/mol. The number of hydroxylamine groups is 2. The Morgan fingerprint density at radius 3 is 3.05 bits per heavy atom. The summed E-state index contributed by atoms with van der Waals surface area (Å²) in [6.45, 7) is 2.01. The van der Waals surface area contributed by atoms with E-state index in [0.29, 0.717) is 24.3 Å². The van der Waals surface area contributed by atoms with Crippen molar-refractivity contribution < 1.29 is 10.0 Å². The monoisotopic (exact) mass is 302 g/mol. The summed E-state index contributed by atoms with van der Waals surface area (Å²) in [5.74, 6) is 0.757. The third-order valence-corrected chi connectivity index (χ3v) is 5.56. The zero-order valence-corrected chi connectivity index (χ0v) is 12.7. The highest BCUT2D eigenvalue weighted by Crippen LogP contribution is 2.44. The van der Waals surface area contributed by atoms with Gasteiger partial charge in [-0.15, -0.1) is 0 Å². The number of carbonyl (C=O) groups is 1. The van der Waals surface area contributed by atoms with Crippen LogP contribution in [0.25, 0.3) is 0 Å². The van der Waals surface area contributed by atoms with Crippen molar-refractivity contribution in [1.29, 1.82) is 0 Å². The molecule has 1 aliphatic carbocycles. The van der Waals surface area contributed by atoms with Crippen LogP contribution in [0.5, 0.6) is 0 Å². The Bertz CT molecular complexity index is 593. The third kappa shape index (κ3) is 2.22. The van der Waals surface area contributed by atoms with Gasteiger partial charge >= 0.3 is 0 Å². The van der Waals surface area contributed by atoms with E-state index in [1.165, 1.54) is 5.56 Å². The standard InChI is InChI=1S/C16H22N4O2/c1-9-6-11(4-5-17-9)16-12-7-10-2-3-15(21)20(22)14(10)8-13(12)18-19-16/h4-6,10,12-14,16,18-19,22H,2-3,7-8H2,1H3. The third-order valence-electron chi connectivity index (χ3n) is 5.56. The largest absolute Gasteiger partial charge is 0.286 e. The Morgan fingerprint density at radius 2 is 2.23 bits per heavy atom. The zero-order chi connectivity index (χ0) is 15.3. The number of fused-ring (bicyclic) bond motifs is 2. The summed E-state index contributed by atoms with van der Waals surface area (Å²) >= 11 is 0. The van der Waals surface area contributed by atoms with Gasteiger partial charge in [0.15, 0.2) is 0 Å². The van der Waals surface area contributed by atoms with Crippen LogP contribution in [0.2, 0.25) is 0 Å². The van der Waals surface area contributed by atoms with E-state index in [9.17, 15) is 10.0 Å². The molecule has 2 saturated heterocycles. The summed E-state index contributed by atoms with van der Waals surface area (Å²) in [4.78, 5) is 16.0. The Hall–Kier alpha value is -1.50. The quantitative estimate of drug-likeness (QED) is 0.682. The van der Waals surface area contributed by atoms with E-state index in [1.807, 2.05) is 13.1 Å². The van der Waals surface area contributed by atoms with Crippen LogP contribution in [0.3, 0.4) is 0 Å². The number of nitrogens with one attached hydrogen (secondary N) is 2. The maximum Gasteiger partial charge on any atom is 0.246 e. The molecule has 0 bridgehead atoms. The lowest BCUT2D eigenvalue weighted by Gasteiger charge is -2.44. The number of piperidine rings is 1. The van der Waals surface area contributed by atoms with Crippen molar-refractivity contribution in [3.63, 3.8) is 0 Å². The summed E-state index contributed by atoms with van der Waals surface area (Å²) < 4.78 is 0. The zero-order valence-electron chi connectivity index (χ0n) is 12.7. The van der Waals surface area contributed by atoms with Gasteiger partial charge in [0.25, 0.3) is 0 Å². The van der Waals surface area contributed by atoms with Gasteiger partial charge in [0.2, 0.25) is 5.91 Å². The average molecular weight is 302 g/mol. The highest BCUT2D eigenvalue weighted by atomic mass is 16.5. The van der Waals surface area contributed by atoms with Gasteiger partial charge in [0.05, 0.1) is 12.1 Å². The molecule has 118 valence electrons. The number of nitrogens with zero attached hydrogens (tertiary/aromatic N) is 2. The number of carbonyl (C=O) groups excluding carboxylic acids is 1. The van der Waals surface area contributed by atoms with Crippen molar-refractivity contribution >= 4 is 5.91 Å². The first-order valence-electron chi connectivity index (χ1n) is 8.08. The molecule has 0 spiro atoms. The van der Waals surface area contributed by atoms with Gasteiger partial charge in [-0.05, 0) is 55.7 Å². The van der Waals surface area contributed by atoms with Gasteiger partial charge < -0.3 is 0 Å². The molecule has 1 saturated carbocycles. The number of hydrogen-bond acceptors (Lipinski definition) is 5. The summed E-state index contributed by atoms with van der Waals surface area (Å²) in [5.41, 5.74) is 9.08. The molecule has 3 aliphatic rings. The molecule has 1 aromatic heterocycles. The van der Waals surface area contributed by atoms with Crippen LogP contribution in [0.15, 0.2) is 18.3 Å². The lowest BCUT2D eigenvalue weighted by atomic mass is 9.69. The molecule has 1 amide bonds. The first kappa shape index (κ1) is 14.1. The fourth-order valence-electron chi connectivity index (χ4n) is 4.45. The van der Waals surface area contributed by atoms with Crippen molar-refractivity contribution in [3.05, 3.63) is 29.6 Å². The van der Waals surface area contributed by atoms with Gasteiger partial charge in [-0.2, -0.15) is 0 Å². The minimum Gasteiger partial charge on any atom is -0.286 e. The van der Waals surface area contributed by atoms with Crippen LogP contribution in [0.4, 0.5) is 0 Å². The summed E-state index contributed by atoms with van der Waals surface area (Å²) in [6.07, 6.45) is 5.07. The second-order valence-corrected chi connectivity index (χ2v) is 6.84. The lowest BCUT2D eigenvalue weighted by molar-refractivity contribution is -0.194. The minimum absolute atomic E-state index is 0.0327. The van der Waals surface area contributed by atoms with E-state index in [-0.39, 0.29) is 18.0 Å². The topological polar surface area (TPSA) is 77.5 Å². The molecule has 1 aromatic rings. The molecule has 5 atom stereocenters. The molecule has 2 aliphatic heterocycles. The predicted octanol–water partition coefficient (Wildman–Crippen LogP) is 1.31. The molecule has 6 heteroatoms. The number of rotatable bonds is 1. The number of amides is 1. The summed E-state index contributed by atoms with van der Waals surface area (Å²) in [6, 6.07) is 4.74. The summed E-state index contributed by atoms with van der Waals surface area (Å²) in [5, 5.41) is 11.0. The number of aromatic nitrogens is 1. The van der Waals surface area contributed by atoms with E-state index < -0.39 is 0 Å². The fraction of sp³-hybridized carbons (Fsp3) is 0.625. The number of aryl methyl sites for hydroxylation is 1. The molecule has 3 N–H and O–H groups in total. The van der Waals surface area contributed by atoms with Gasteiger partial charge in [0.1, 0.15) is 0 Å². The van der Waals surface area contributed by atoms with Crippen LogP contribution in [0.1, 0.15) is 43.0 Å². The fourth-order valence-corrected chi connectivity index (χ4v) is 4.45. The molecule has 6 nitrogen and oxygen atoms in total. The van der Waals surface area contributed by atoms with Crippen LogP contribution in [-0.2, 0) is 4.79 Å². The van der Waals surface area contributed by atoms with E-state index >= 15 is 0 Å². The molecular weight excluding hydrogens is 280 g/mol. The number of pyridine rings is 1. The van der Waals surface area contributed by atoms with Crippen molar-refractivity contribution in [2.24, 2.45) is 11.8 Å². The second-order valence-electron chi connectivity index (χ2n) is 6.84. The Balaban J connectivity index is 1.56. The van der Waals surface area contributed by atoms with Crippen LogP contribution < -0.4 is 10.9 Å². The van der Waals surface area contributed by atoms with Crippen molar-refractivity contribution in [2.75, 3.05) is 0 Å². The minimum atomic E-state index is -0.132. The summed E-state index contributed by atoms with van der Waals surface area (Å²) in [7, 11) is 0. The molecule has 0 radical (unpaired) electrons. The van der Waals surface area contributed by atoms with Crippen molar-refractivity contribution in [2.45, 2.75) is 50.7 Å². The first-order chi connectivity index (χ1) is 10.6. The molecule has 4 rings (SSSR count). The smallest absolute Gasteiger partial charge is 0.246 e. The van der Waals surface area contributed by atoms with Gasteiger partial charge in [-0.25, -0.2) is 10.5 Å². The molecule has 3 heterocycles. The highest BCUT2D eigenvalue weighted by Gasteiger charge is 2.48. The van der Waals surface area contributed by atoms with Gasteiger partial charge in [-0.3, -0.25) is 20.4 Å². The van der Waals surface area contributed by atoms with Gasteiger partial charge in [0, 0.05) is 24.4 Å². The highest BCUT2D eigenvalue weighted by molar-refractivity contribution is 5.76. The second kappa shape index (κ2) is 5.30. The SMILES string of the molecule is Cc1cc(C2NNC3CC4C(CCC(=O)N4O)CC32)ccn1. The maximum atomic E-state index is 11.7. The van der Waals surface area contributed by atoms with Gasteiger partial charge in [-0.1, -0.05) is 0 Å². The Labute approximate surface area is 129 Å². The van der Waals surface area contributed by atoms with Crippen LogP contribution in [-0.4, -0.2) is 33.2 Å². The molecule has 3 fully saturated rings. The maximum absolute atomic E-state index is 11.7. The van der Waals surface area contributed by atoms with Crippen LogP contribution in [0, 0.1) is 18.8 Å². The molecule has 22 heavy (non-hydrogen) atoms. The normalized spacial score (nSPS) is 37.8. The van der Waals surface area contributed by atoms with E-state index in [4.69, 9.17) is 0 Å². The van der Waals surface area contributed by atoms with E-state index in [2.05, 4.69) is 28.0 Å². The molecular formula is C16H22N4O2. The van der Waals surface area contributed by atoms with E-state index in [1.54, 1.807) is 0 Å². The Kier molecular flexibility index (Phi) is 3.40. The molecule has 5 unspecified atom stereocenters. The van der Waals surface area contributed by atoms with E-state index in [0.717, 1.165) is 30.0 Å². The Morgan fingerprint density at radius 1 is 1.36 bits per heavy atom. The van der Waals surface area contributed by atoms with Crippen molar-refractivity contribution in [1.82, 2.24) is 20.9 Å². The van der Waals surface area contributed by atoms with Crippen LogP contribution >= 0.6 is 0 Å². The number of hydrazine groups is 1.